The largest absolute Gasteiger partial charge is 0.353 e. The van der Waals surface area contributed by atoms with Gasteiger partial charge in [0, 0.05) is 0 Å². The predicted molar refractivity (Wildman–Crippen MR) is 56.0 cm³/mol. The quantitative estimate of drug-likeness (QED) is 0.679. The normalized spacial score (nSPS) is 8.81. The standard InChI is InChI=1S/C6H6O2S.CH2N2O3S/c7-9(8)6-4-2-1-3-5-6;2-1(4)3-7(5)6/h1-5,9H;(H2,2,4). The lowest BCUT2D eigenvalue weighted by atomic mass is 10.4. The van der Waals surface area contributed by atoms with Crippen LogP contribution in [0.2, 0.25) is 0 Å². The molecule has 0 atom stereocenters. The Kier molecular flexibility index (Phi) is 6.72. The fraction of sp³-hybridized carbons (Fsp3) is 0. The number of carbonyl (C=O) groups is 1. The minimum absolute atomic E-state index is 0.368. The molecule has 7 nitrogen and oxygen atoms in total. The van der Waals surface area contributed by atoms with Crippen LogP contribution in [0.4, 0.5) is 4.79 Å². The van der Waals surface area contributed by atoms with Crippen molar-refractivity contribution in [2.75, 3.05) is 0 Å². The van der Waals surface area contributed by atoms with E-state index in [1.807, 2.05) is 0 Å². The number of primary amides is 1. The van der Waals surface area contributed by atoms with Gasteiger partial charge in [0.15, 0.2) is 10.7 Å². The number of hydrogen-bond donors (Lipinski definition) is 2. The molecule has 0 aliphatic heterocycles. The summed E-state index contributed by atoms with van der Waals surface area (Å²) < 4.78 is 41.5. The van der Waals surface area contributed by atoms with Gasteiger partial charge >= 0.3 is 16.5 Å². The highest BCUT2D eigenvalue weighted by Crippen LogP contribution is 1.97. The topological polar surface area (TPSA) is 124 Å². The molecule has 16 heavy (non-hydrogen) atoms. The first-order valence-electron chi connectivity index (χ1n) is 3.73. The number of carbonyl (C=O) groups excluding carboxylic acids is 1. The van der Waals surface area contributed by atoms with Crippen LogP contribution >= 0.6 is 0 Å². The minimum Gasteiger partial charge on any atom is -0.349 e. The van der Waals surface area contributed by atoms with E-state index in [2.05, 4.69) is 10.1 Å². The number of nitrogens with two attached hydrogens (primary N) is 1. The Balaban J connectivity index is 0.000000293. The Labute approximate surface area is 94.6 Å². The summed E-state index contributed by atoms with van der Waals surface area (Å²) >= 11 is 0. The molecule has 1 rings (SSSR count). The third kappa shape index (κ3) is 7.64. The molecule has 9 heteroatoms. The first-order chi connectivity index (χ1) is 7.43. The SMILES string of the molecule is NC(=O)N=S(=O)=O.O=[SH](=O)c1ccccc1. The van der Waals surface area contributed by atoms with Crippen LogP contribution in [0.1, 0.15) is 0 Å². The highest BCUT2D eigenvalue weighted by atomic mass is 32.2. The van der Waals surface area contributed by atoms with Gasteiger partial charge in [0.05, 0.1) is 4.90 Å². The Bertz CT molecular complexity index is 531. The average Bonchev–Trinajstić information content (AvgIpc) is 2.17. The second-order valence-corrected chi connectivity index (χ2v) is 3.89. The lowest BCUT2D eigenvalue weighted by Gasteiger charge is -1.83. The summed E-state index contributed by atoms with van der Waals surface area (Å²) in [6.07, 6.45) is 0. The highest BCUT2D eigenvalue weighted by molar-refractivity contribution is 7.72. The molecule has 1 aromatic carbocycles. The van der Waals surface area contributed by atoms with E-state index in [1.54, 1.807) is 30.3 Å². The summed E-state index contributed by atoms with van der Waals surface area (Å²) in [7, 11) is -5.09. The second kappa shape index (κ2) is 7.54. The maximum absolute atomic E-state index is 10.2. The van der Waals surface area contributed by atoms with Crippen molar-refractivity contribution < 1.29 is 21.6 Å². The van der Waals surface area contributed by atoms with E-state index in [9.17, 15) is 21.6 Å². The van der Waals surface area contributed by atoms with Crippen LogP contribution in [0.15, 0.2) is 39.6 Å². The Morgan fingerprint density at radius 1 is 1.19 bits per heavy atom. The fourth-order valence-corrected chi connectivity index (χ4v) is 1.19. The first kappa shape index (κ1) is 14.3. The molecule has 0 aliphatic rings. The monoisotopic (exact) mass is 264 g/mol. The van der Waals surface area contributed by atoms with E-state index in [-0.39, 0.29) is 0 Å². The third-order valence-electron chi connectivity index (χ3n) is 1.13. The summed E-state index contributed by atoms with van der Waals surface area (Å²) in [4.78, 5) is 9.84. The molecule has 0 fully saturated rings. The van der Waals surface area contributed by atoms with Crippen LogP contribution < -0.4 is 5.73 Å². The van der Waals surface area contributed by atoms with Crippen molar-refractivity contribution in [3.8, 4) is 0 Å². The fourth-order valence-electron chi connectivity index (χ4n) is 0.623. The van der Waals surface area contributed by atoms with Gasteiger partial charge in [-0.05, 0) is 12.1 Å². The molecular formula is C7H8N2O5S2. The number of rotatable bonds is 1. The zero-order chi connectivity index (χ0) is 12.6. The van der Waals surface area contributed by atoms with Gasteiger partial charge < -0.3 is 5.73 Å². The van der Waals surface area contributed by atoms with E-state index in [0.717, 1.165) is 0 Å². The Hall–Kier alpha value is -1.74. The van der Waals surface area contributed by atoms with Gasteiger partial charge in [-0.1, -0.05) is 22.6 Å². The predicted octanol–water partition coefficient (Wildman–Crippen LogP) is -0.215. The molecule has 0 aromatic heterocycles. The number of urea groups is 1. The summed E-state index contributed by atoms with van der Waals surface area (Å²) in [5.41, 5.74) is 4.29. The Morgan fingerprint density at radius 3 is 1.88 bits per heavy atom. The number of nitrogens with zero attached hydrogens (tertiary/aromatic N) is 1. The van der Waals surface area contributed by atoms with Gasteiger partial charge in [0.1, 0.15) is 0 Å². The summed E-state index contributed by atoms with van der Waals surface area (Å²) in [5, 5.41) is 0. The van der Waals surface area contributed by atoms with Crippen molar-refractivity contribution in [3.63, 3.8) is 0 Å². The van der Waals surface area contributed by atoms with Gasteiger partial charge in [-0.15, -0.1) is 0 Å². The van der Waals surface area contributed by atoms with Gasteiger partial charge in [-0.25, -0.2) is 13.2 Å². The molecule has 0 saturated heterocycles. The van der Waals surface area contributed by atoms with E-state index in [0.29, 0.717) is 4.90 Å². The summed E-state index contributed by atoms with van der Waals surface area (Å²) in [6, 6.07) is 7.09. The Morgan fingerprint density at radius 2 is 1.69 bits per heavy atom. The molecule has 1 aromatic rings. The summed E-state index contributed by atoms with van der Waals surface area (Å²) in [6.45, 7) is 0. The number of thiol groups is 1. The van der Waals surface area contributed by atoms with Crippen LogP contribution in [0.25, 0.3) is 0 Å². The minimum atomic E-state index is -2.70. The molecule has 2 amide bonds. The van der Waals surface area contributed by atoms with Gasteiger partial charge in [0.2, 0.25) is 0 Å². The van der Waals surface area contributed by atoms with Crippen molar-refractivity contribution in [1.29, 1.82) is 0 Å². The van der Waals surface area contributed by atoms with Crippen LogP contribution in [-0.4, -0.2) is 22.9 Å². The second-order valence-electron chi connectivity index (χ2n) is 2.24. The molecule has 0 radical (unpaired) electrons. The summed E-state index contributed by atoms with van der Waals surface area (Å²) in [5.74, 6) is 0. The molecule has 0 heterocycles. The molecule has 88 valence electrons. The zero-order valence-corrected chi connectivity index (χ0v) is 9.52. The van der Waals surface area contributed by atoms with Crippen molar-refractivity contribution in [3.05, 3.63) is 30.3 Å². The zero-order valence-electron chi connectivity index (χ0n) is 7.81. The van der Waals surface area contributed by atoms with Gasteiger partial charge in [-0.2, -0.15) is 8.42 Å². The van der Waals surface area contributed by atoms with Crippen LogP contribution in [0.3, 0.4) is 0 Å². The van der Waals surface area contributed by atoms with Crippen molar-refractivity contribution in [2.24, 2.45) is 10.1 Å². The smallest absolute Gasteiger partial charge is 0.349 e. The maximum Gasteiger partial charge on any atom is 0.353 e. The van der Waals surface area contributed by atoms with E-state index >= 15 is 0 Å². The molecule has 0 saturated carbocycles. The van der Waals surface area contributed by atoms with Crippen LogP contribution in [0, 0.1) is 0 Å². The molecule has 0 aliphatic carbocycles. The maximum atomic E-state index is 10.2. The van der Waals surface area contributed by atoms with Crippen molar-refractivity contribution in [1.82, 2.24) is 0 Å². The lowest BCUT2D eigenvalue weighted by Crippen LogP contribution is -2.02. The first-order valence-corrected chi connectivity index (χ1v) is 5.94. The molecule has 0 unspecified atom stereocenters. The highest BCUT2D eigenvalue weighted by Gasteiger charge is 1.87. The molecule has 0 spiro atoms. The molecule has 2 N–H and O–H groups in total. The van der Waals surface area contributed by atoms with Crippen molar-refractivity contribution >= 4 is 27.2 Å². The van der Waals surface area contributed by atoms with E-state index in [4.69, 9.17) is 0 Å². The third-order valence-corrected chi connectivity index (χ3v) is 2.18. The molecular weight excluding hydrogens is 256 g/mol. The van der Waals surface area contributed by atoms with Crippen LogP contribution in [0.5, 0.6) is 0 Å². The average molecular weight is 264 g/mol. The van der Waals surface area contributed by atoms with E-state index in [1.165, 1.54) is 0 Å². The van der Waals surface area contributed by atoms with Gasteiger partial charge in [0.25, 0.3) is 0 Å². The number of hydrogen-bond acceptors (Lipinski definition) is 5. The molecule has 0 bridgehead atoms. The van der Waals surface area contributed by atoms with Gasteiger partial charge in [-0.3, -0.25) is 0 Å². The number of benzene rings is 1. The van der Waals surface area contributed by atoms with E-state index < -0.39 is 27.2 Å². The lowest BCUT2D eigenvalue weighted by molar-refractivity contribution is 0.257. The number of amides is 2. The van der Waals surface area contributed by atoms with Crippen molar-refractivity contribution in [2.45, 2.75) is 4.90 Å². The van der Waals surface area contributed by atoms with Crippen LogP contribution in [-0.2, 0) is 21.2 Å².